The van der Waals surface area contributed by atoms with Crippen molar-refractivity contribution in [3.8, 4) is 5.75 Å². The highest BCUT2D eigenvalue weighted by Crippen LogP contribution is 2.19. The van der Waals surface area contributed by atoms with E-state index in [-0.39, 0.29) is 11.7 Å². The molecule has 1 aliphatic rings. The lowest BCUT2D eigenvalue weighted by atomic mass is 10.1. The highest BCUT2D eigenvalue weighted by atomic mass is 16.7. The van der Waals surface area contributed by atoms with Gasteiger partial charge in [0.2, 0.25) is 0 Å². The summed E-state index contributed by atoms with van der Waals surface area (Å²) in [7, 11) is 0. The summed E-state index contributed by atoms with van der Waals surface area (Å²) >= 11 is 0. The Labute approximate surface area is 88.0 Å². The maximum atomic E-state index is 11.8. The molecule has 15 heavy (non-hydrogen) atoms. The van der Waals surface area contributed by atoms with Crippen molar-refractivity contribution in [3.63, 3.8) is 0 Å². The number of aryl methyl sites for hydroxylation is 1. The fourth-order valence-corrected chi connectivity index (χ4v) is 1.54. The Hall–Kier alpha value is -1.55. The van der Waals surface area contributed by atoms with Crippen molar-refractivity contribution in [1.29, 1.82) is 0 Å². The lowest BCUT2D eigenvalue weighted by molar-refractivity contribution is -0.0768. The fourth-order valence-electron chi connectivity index (χ4n) is 1.54. The van der Waals surface area contributed by atoms with E-state index in [1.165, 1.54) is 11.1 Å². The van der Waals surface area contributed by atoms with Crippen molar-refractivity contribution in [2.45, 2.75) is 13.3 Å². The molecule has 0 atom stereocenters. The minimum atomic E-state index is -0.143. The summed E-state index contributed by atoms with van der Waals surface area (Å²) in [5, 5.41) is 10.7. The molecule has 0 unspecified atom stereocenters. The van der Waals surface area contributed by atoms with Gasteiger partial charge in [0.1, 0.15) is 5.75 Å². The quantitative estimate of drug-likeness (QED) is 0.758. The highest BCUT2D eigenvalue weighted by Gasteiger charge is 2.20. The molecule has 1 amide bonds. The molecule has 0 aliphatic carbocycles. The Morgan fingerprint density at radius 3 is 2.93 bits per heavy atom. The molecule has 0 aromatic heterocycles. The van der Waals surface area contributed by atoms with Gasteiger partial charge in [0.25, 0.3) is 5.91 Å². The van der Waals surface area contributed by atoms with Gasteiger partial charge < -0.3 is 5.11 Å². The van der Waals surface area contributed by atoms with Crippen LogP contribution in [0.1, 0.15) is 22.3 Å². The third kappa shape index (κ3) is 1.94. The molecule has 1 saturated heterocycles. The molecule has 1 N–H and O–H groups in total. The van der Waals surface area contributed by atoms with E-state index in [0.29, 0.717) is 24.3 Å². The predicted octanol–water partition coefficient (Wildman–Crippen LogP) is 1.48. The third-order valence-corrected chi connectivity index (χ3v) is 2.42. The Morgan fingerprint density at radius 2 is 2.33 bits per heavy atom. The number of amides is 1. The number of rotatable bonds is 1. The number of hydrogen-bond donors (Lipinski definition) is 1. The van der Waals surface area contributed by atoms with Gasteiger partial charge in [0.15, 0.2) is 0 Å². The van der Waals surface area contributed by atoms with Crippen LogP contribution in [0.3, 0.4) is 0 Å². The normalized spacial score (nSPS) is 15.7. The highest BCUT2D eigenvalue weighted by molar-refractivity contribution is 5.94. The van der Waals surface area contributed by atoms with Crippen molar-refractivity contribution in [2.24, 2.45) is 0 Å². The monoisotopic (exact) mass is 207 g/mol. The van der Waals surface area contributed by atoms with Crippen LogP contribution in [0.2, 0.25) is 0 Å². The number of hydroxylamine groups is 2. The van der Waals surface area contributed by atoms with Gasteiger partial charge in [0, 0.05) is 5.56 Å². The van der Waals surface area contributed by atoms with Crippen LogP contribution in [0.25, 0.3) is 0 Å². The summed E-state index contributed by atoms with van der Waals surface area (Å²) < 4.78 is 0. The molecule has 1 heterocycles. The first-order valence-electron chi connectivity index (χ1n) is 4.93. The van der Waals surface area contributed by atoms with E-state index in [1.54, 1.807) is 19.1 Å². The molecular formula is C11H13NO3. The van der Waals surface area contributed by atoms with Crippen LogP contribution in [-0.2, 0) is 4.84 Å². The largest absolute Gasteiger partial charge is 0.508 e. The van der Waals surface area contributed by atoms with Gasteiger partial charge >= 0.3 is 0 Å². The molecule has 2 rings (SSSR count). The minimum absolute atomic E-state index is 0.143. The van der Waals surface area contributed by atoms with Gasteiger partial charge in [0.05, 0.1) is 13.2 Å². The first kappa shape index (κ1) is 9.98. The van der Waals surface area contributed by atoms with Crippen LogP contribution < -0.4 is 0 Å². The first-order valence-corrected chi connectivity index (χ1v) is 4.93. The Balaban J connectivity index is 2.21. The van der Waals surface area contributed by atoms with E-state index in [1.807, 2.05) is 0 Å². The third-order valence-electron chi connectivity index (χ3n) is 2.42. The molecule has 1 aromatic carbocycles. The summed E-state index contributed by atoms with van der Waals surface area (Å²) in [6, 6.07) is 4.80. The fraction of sp³-hybridized carbons (Fsp3) is 0.364. The number of benzene rings is 1. The van der Waals surface area contributed by atoms with Crippen LogP contribution in [-0.4, -0.2) is 29.2 Å². The number of nitrogens with zero attached hydrogens (tertiary/aromatic N) is 1. The average Bonchev–Trinajstić information content (AvgIpc) is 2.74. The van der Waals surface area contributed by atoms with Crippen LogP contribution in [0.4, 0.5) is 0 Å². The molecule has 80 valence electrons. The van der Waals surface area contributed by atoms with Crippen molar-refractivity contribution in [2.75, 3.05) is 13.2 Å². The second kappa shape index (κ2) is 3.90. The van der Waals surface area contributed by atoms with Gasteiger partial charge in [-0.05, 0) is 37.1 Å². The zero-order chi connectivity index (χ0) is 10.8. The standard InChI is InChI=1S/C11H13NO3/c1-8-7-9(3-4-10(8)13)11(14)12-5-2-6-15-12/h3-4,7,13H,2,5-6H2,1H3. The Bertz CT molecular complexity index is 383. The van der Waals surface area contributed by atoms with Crippen molar-refractivity contribution in [1.82, 2.24) is 5.06 Å². The van der Waals surface area contributed by atoms with E-state index >= 15 is 0 Å². The second-order valence-electron chi connectivity index (χ2n) is 3.60. The van der Waals surface area contributed by atoms with Gasteiger partial charge in [-0.25, -0.2) is 5.06 Å². The summed E-state index contributed by atoms with van der Waals surface area (Å²) in [4.78, 5) is 17.0. The van der Waals surface area contributed by atoms with E-state index < -0.39 is 0 Å². The molecular weight excluding hydrogens is 194 g/mol. The summed E-state index contributed by atoms with van der Waals surface area (Å²) in [5.41, 5.74) is 1.24. The number of hydrogen-bond acceptors (Lipinski definition) is 3. The number of aromatic hydroxyl groups is 1. The number of phenols is 1. The molecule has 0 bridgehead atoms. The van der Waals surface area contributed by atoms with Gasteiger partial charge in [-0.15, -0.1) is 0 Å². The lowest BCUT2D eigenvalue weighted by Crippen LogP contribution is -2.26. The van der Waals surface area contributed by atoms with Gasteiger partial charge in [-0.1, -0.05) is 0 Å². The predicted molar refractivity (Wildman–Crippen MR) is 54.4 cm³/mol. The lowest BCUT2D eigenvalue weighted by Gasteiger charge is -2.14. The summed E-state index contributed by atoms with van der Waals surface area (Å²) in [6.07, 6.45) is 0.878. The van der Waals surface area contributed by atoms with E-state index in [2.05, 4.69) is 0 Å². The molecule has 4 heteroatoms. The van der Waals surface area contributed by atoms with Crippen LogP contribution in [0.15, 0.2) is 18.2 Å². The minimum Gasteiger partial charge on any atom is -0.508 e. The number of carbonyl (C=O) groups is 1. The average molecular weight is 207 g/mol. The summed E-state index contributed by atoms with van der Waals surface area (Å²) in [5.74, 6) is 0.0597. The molecule has 0 saturated carbocycles. The SMILES string of the molecule is Cc1cc(C(=O)N2CCCO2)ccc1O. The number of carbonyl (C=O) groups excluding carboxylic acids is 1. The molecule has 4 nitrogen and oxygen atoms in total. The molecule has 1 aromatic rings. The van der Waals surface area contributed by atoms with Crippen LogP contribution in [0.5, 0.6) is 5.75 Å². The van der Waals surface area contributed by atoms with E-state index in [4.69, 9.17) is 4.84 Å². The maximum Gasteiger partial charge on any atom is 0.277 e. The Kier molecular flexibility index (Phi) is 2.60. The van der Waals surface area contributed by atoms with Crippen molar-refractivity contribution in [3.05, 3.63) is 29.3 Å². The summed E-state index contributed by atoms with van der Waals surface area (Å²) in [6.45, 7) is 3.00. The first-order chi connectivity index (χ1) is 7.18. The smallest absolute Gasteiger partial charge is 0.277 e. The van der Waals surface area contributed by atoms with Gasteiger partial charge in [-0.3, -0.25) is 9.63 Å². The number of phenolic OH excluding ortho intramolecular Hbond substituents is 1. The molecule has 1 fully saturated rings. The second-order valence-corrected chi connectivity index (χ2v) is 3.60. The van der Waals surface area contributed by atoms with Gasteiger partial charge in [-0.2, -0.15) is 0 Å². The van der Waals surface area contributed by atoms with Crippen molar-refractivity contribution < 1.29 is 14.7 Å². The van der Waals surface area contributed by atoms with Crippen LogP contribution in [0, 0.1) is 6.92 Å². The Morgan fingerprint density at radius 1 is 1.53 bits per heavy atom. The zero-order valence-electron chi connectivity index (χ0n) is 8.56. The molecule has 0 radical (unpaired) electrons. The topological polar surface area (TPSA) is 49.8 Å². The van der Waals surface area contributed by atoms with Crippen molar-refractivity contribution >= 4 is 5.91 Å². The van der Waals surface area contributed by atoms with E-state index in [9.17, 15) is 9.90 Å². The zero-order valence-corrected chi connectivity index (χ0v) is 8.56. The van der Waals surface area contributed by atoms with Crippen LogP contribution >= 0.6 is 0 Å². The molecule has 0 spiro atoms. The molecule has 1 aliphatic heterocycles. The maximum absolute atomic E-state index is 11.8. The van der Waals surface area contributed by atoms with E-state index in [0.717, 1.165) is 6.42 Å².